The number of para-hydroxylation sites is 2. The number of anilines is 1. The van der Waals surface area contributed by atoms with E-state index in [4.69, 9.17) is 4.84 Å². The number of carbonyl (C=O) groups is 1. The van der Waals surface area contributed by atoms with E-state index in [1.54, 1.807) is 36.4 Å². The summed E-state index contributed by atoms with van der Waals surface area (Å²) in [6.45, 7) is 0. The Morgan fingerprint density at radius 2 is 2.10 bits per heavy atom. The number of benzene rings is 2. The molecule has 1 aliphatic heterocycles. The molecule has 0 spiro atoms. The zero-order valence-electron chi connectivity index (χ0n) is 15.9. The first-order valence-electron chi connectivity index (χ1n) is 9.40. The normalized spacial score (nSPS) is 15.5. The van der Waals surface area contributed by atoms with Gasteiger partial charge in [-0.2, -0.15) is 5.10 Å². The first kappa shape index (κ1) is 18.7. The van der Waals surface area contributed by atoms with Gasteiger partial charge in [0.15, 0.2) is 5.65 Å². The highest BCUT2D eigenvalue weighted by molar-refractivity contribution is 6.06. The van der Waals surface area contributed by atoms with Gasteiger partial charge in [0.05, 0.1) is 29.6 Å². The van der Waals surface area contributed by atoms with Gasteiger partial charge in [0.25, 0.3) is 11.5 Å². The van der Waals surface area contributed by atoms with Gasteiger partial charge in [-0.15, -0.1) is 0 Å². The minimum atomic E-state index is -0.860. The van der Waals surface area contributed by atoms with Gasteiger partial charge in [-0.1, -0.05) is 29.4 Å². The Hall–Kier alpha value is -4.34. The maximum Gasteiger partial charge on any atom is 0.268 e. The predicted octanol–water partition coefficient (Wildman–Crippen LogP) is 2.38. The monoisotopic (exact) mass is 418 g/mol. The van der Waals surface area contributed by atoms with Crippen LogP contribution in [0.25, 0.3) is 16.7 Å². The highest BCUT2D eigenvalue weighted by Gasteiger charge is 2.29. The first-order valence-corrected chi connectivity index (χ1v) is 9.40. The zero-order valence-corrected chi connectivity index (χ0v) is 15.9. The number of amides is 1. The molecule has 2 N–H and O–H groups in total. The molecular weight excluding hydrogens is 403 g/mol. The summed E-state index contributed by atoms with van der Waals surface area (Å²) < 4.78 is 14.9. The lowest BCUT2D eigenvalue weighted by Gasteiger charge is -2.13. The van der Waals surface area contributed by atoms with Crippen LogP contribution in [0, 0.1) is 5.82 Å². The molecule has 0 radical (unpaired) electrons. The van der Waals surface area contributed by atoms with Gasteiger partial charge in [-0.05, 0) is 24.3 Å². The standard InChI is InChI=1S/C21H15FN6O3/c22-13-5-3-4-12(8-13)16-9-18(31-27-16)21(30)26-15-6-1-2-7-17(15)28-19-14(10-25-28)20(29)24-11-23-19/h1-8,10-11,18H,9H2,(H,26,30)(H,23,24,29). The van der Waals surface area contributed by atoms with E-state index in [1.165, 1.54) is 29.3 Å². The first-order chi connectivity index (χ1) is 15.1. The molecule has 2 aromatic carbocycles. The molecule has 1 atom stereocenters. The SMILES string of the molecule is O=C(Nc1ccccc1-n1ncc2c(=O)[nH]cnc21)C1CC(c2cccc(F)c2)=NO1. The number of oxime groups is 1. The number of halogens is 1. The average molecular weight is 418 g/mol. The van der Waals surface area contributed by atoms with E-state index in [-0.39, 0.29) is 17.8 Å². The fourth-order valence-corrected chi connectivity index (χ4v) is 3.37. The van der Waals surface area contributed by atoms with E-state index in [2.05, 4.69) is 25.5 Å². The van der Waals surface area contributed by atoms with Crippen molar-refractivity contribution in [1.82, 2.24) is 19.7 Å². The second-order valence-electron chi connectivity index (χ2n) is 6.88. The summed E-state index contributed by atoms with van der Waals surface area (Å²) in [4.78, 5) is 36.7. The third-order valence-electron chi connectivity index (χ3n) is 4.88. The number of hydrogen-bond acceptors (Lipinski definition) is 6. The van der Waals surface area contributed by atoms with Crippen LogP contribution >= 0.6 is 0 Å². The molecule has 0 aliphatic carbocycles. The minimum Gasteiger partial charge on any atom is -0.382 e. The summed E-state index contributed by atoms with van der Waals surface area (Å²) in [5.41, 5.74) is 2.11. The number of hydrogen-bond donors (Lipinski definition) is 2. The molecule has 1 amide bonds. The predicted molar refractivity (Wildman–Crippen MR) is 111 cm³/mol. The number of nitrogens with one attached hydrogen (secondary N) is 2. The van der Waals surface area contributed by atoms with E-state index < -0.39 is 12.0 Å². The zero-order chi connectivity index (χ0) is 21.4. The minimum absolute atomic E-state index is 0.207. The topological polar surface area (TPSA) is 114 Å². The van der Waals surface area contributed by atoms with Crippen molar-refractivity contribution in [3.8, 4) is 5.69 Å². The Labute approximate surface area is 174 Å². The highest BCUT2D eigenvalue weighted by atomic mass is 19.1. The van der Waals surface area contributed by atoms with Gasteiger partial charge in [-0.25, -0.2) is 14.1 Å². The summed E-state index contributed by atoms with van der Waals surface area (Å²) in [6, 6.07) is 12.9. The average Bonchev–Trinajstić information content (AvgIpc) is 3.43. The Kier molecular flexibility index (Phi) is 4.51. The van der Waals surface area contributed by atoms with E-state index in [0.29, 0.717) is 33.7 Å². The largest absolute Gasteiger partial charge is 0.382 e. The molecule has 1 unspecified atom stereocenters. The van der Waals surface area contributed by atoms with Gasteiger partial charge in [0, 0.05) is 12.0 Å². The molecule has 0 bridgehead atoms. The molecule has 5 rings (SSSR count). The van der Waals surface area contributed by atoms with Crippen LogP contribution in [-0.2, 0) is 9.63 Å². The Morgan fingerprint density at radius 1 is 1.23 bits per heavy atom. The Morgan fingerprint density at radius 3 is 2.97 bits per heavy atom. The number of nitrogens with zero attached hydrogens (tertiary/aromatic N) is 4. The third kappa shape index (κ3) is 3.44. The molecule has 0 saturated heterocycles. The van der Waals surface area contributed by atoms with Crippen molar-refractivity contribution >= 4 is 28.3 Å². The van der Waals surface area contributed by atoms with Crippen molar-refractivity contribution in [3.63, 3.8) is 0 Å². The smallest absolute Gasteiger partial charge is 0.268 e. The molecule has 9 nitrogen and oxygen atoms in total. The van der Waals surface area contributed by atoms with Crippen LogP contribution in [0.4, 0.5) is 10.1 Å². The quantitative estimate of drug-likeness (QED) is 0.528. The van der Waals surface area contributed by atoms with Crippen LogP contribution < -0.4 is 10.9 Å². The maximum atomic E-state index is 13.5. The summed E-state index contributed by atoms with van der Waals surface area (Å²) in [7, 11) is 0. The summed E-state index contributed by atoms with van der Waals surface area (Å²) in [5.74, 6) is -0.800. The lowest BCUT2D eigenvalue weighted by atomic mass is 10.0. The van der Waals surface area contributed by atoms with Crippen LogP contribution in [-0.4, -0.2) is 37.5 Å². The molecule has 0 fully saturated rings. The molecule has 0 saturated carbocycles. The maximum absolute atomic E-state index is 13.5. The third-order valence-corrected chi connectivity index (χ3v) is 4.88. The fourth-order valence-electron chi connectivity index (χ4n) is 3.37. The Bertz CT molecular complexity index is 1390. The van der Waals surface area contributed by atoms with Crippen molar-refractivity contribution in [2.75, 3.05) is 5.32 Å². The van der Waals surface area contributed by atoms with Crippen molar-refractivity contribution in [1.29, 1.82) is 0 Å². The van der Waals surface area contributed by atoms with Crippen LogP contribution in [0.5, 0.6) is 0 Å². The van der Waals surface area contributed by atoms with E-state index in [0.717, 1.165) is 0 Å². The molecule has 154 valence electrons. The number of fused-ring (bicyclic) bond motifs is 1. The van der Waals surface area contributed by atoms with Crippen LogP contribution in [0.1, 0.15) is 12.0 Å². The van der Waals surface area contributed by atoms with E-state index in [9.17, 15) is 14.0 Å². The molecule has 3 heterocycles. The van der Waals surface area contributed by atoms with Gasteiger partial charge < -0.3 is 15.1 Å². The number of aromatic nitrogens is 4. The number of H-pyrrole nitrogens is 1. The lowest BCUT2D eigenvalue weighted by molar-refractivity contribution is -0.125. The number of rotatable bonds is 4. The molecule has 31 heavy (non-hydrogen) atoms. The molecule has 2 aromatic heterocycles. The summed E-state index contributed by atoms with van der Waals surface area (Å²) in [6.07, 6.45) is 2.06. The molecule has 1 aliphatic rings. The molecule has 10 heteroatoms. The van der Waals surface area contributed by atoms with Gasteiger partial charge in [0.1, 0.15) is 11.2 Å². The van der Waals surface area contributed by atoms with Gasteiger partial charge >= 0.3 is 0 Å². The summed E-state index contributed by atoms with van der Waals surface area (Å²) >= 11 is 0. The molecular formula is C21H15FN6O3. The van der Waals surface area contributed by atoms with Crippen LogP contribution in [0.15, 0.2) is 71.0 Å². The summed E-state index contributed by atoms with van der Waals surface area (Å²) in [5, 5.41) is 11.3. The van der Waals surface area contributed by atoms with Gasteiger partial charge in [0.2, 0.25) is 6.10 Å². The second-order valence-corrected chi connectivity index (χ2v) is 6.88. The van der Waals surface area contributed by atoms with E-state index >= 15 is 0 Å². The molecule has 4 aromatic rings. The van der Waals surface area contributed by atoms with Gasteiger partial charge in [-0.3, -0.25) is 9.59 Å². The van der Waals surface area contributed by atoms with Crippen LogP contribution in [0.3, 0.4) is 0 Å². The van der Waals surface area contributed by atoms with Crippen molar-refractivity contribution in [2.45, 2.75) is 12.5 Å². The number of aromatic amines is 1. The van der Waals surface area contributed by atoms with Crippen molar-refractivity contribution in [3.05, 3.63) is 82.8 Å². The second kappa shape index (κ2) is 7.48. The lowest BCUT2D eigenvalue weighted by Crippen LogP contribution is -2.28. The van der Waals surface area contributed by atoms with Crippen molar-refractivity contribution < 1.29 is 14.0 Å². The highest BCUT2D eigenvalue weighted by Crippen LogP contribution is 2.24. The fraction of sp³-hybridized carbons (Fsp3) is 0.0952. The van der Waals surface area contributed by atoms with Crippen molar-refractivity contribution in [2.24, 2.45) is 5.16 Å². The van der Waals surface area contributed by atoms with Crippen LogP contribution in [0.2, 0.25) is 0 Å². The Balaban J connectivity index is 1.39. The van der Waals surface area contributed by atoms with E-state index in [1.807, 2.05) is 0 Å². The number of carbonyl (C=O) groups excluding carboxylic acids is 1.